The van der Waals surface area contributed by atoms with Crippen LogP contribution in [0, 0.1) is 0 Å². The van der Waals surface area contributed by atoms with Gasteiger partial charge in [-0.3, -0.25) is 9.89 Å². The van der Waals surface area contributed by atoms with Crippen LogP contribution in [0.3, 0.4) is 0 Å². The van der Waals surface area contributed by atoms with Crippen molar-refractivity contribution >= 4 is 5.96 Å². The number of hydrogen-bond donors (Lipinski definition) is 1. The van der Waals surface area contributed by atoms with Crippen LogP contribution >= 0.6 is 0 Å². The van der Waals surface area contributed by atoms with Crippen molar-refractivity contribution in [2.45, 2.75) is 52.7 Å². The molecule has 1 atom stereocenters. The molecule has 25 heavy (non-hydrogen) atoms. The minimum absolute atomic E-state index is 0.429. The molecule has 2 heterocycles. The van der Waals surface area contributed by atoms with Gasteiger partial charge in [-0.2, -0.15) is 0 Å². The Morgan fingerprint density at radius 3 is 2.32 bits per heavy atom. The lowest BCUT2D eigenvalue weighted by atomic mass is 10.1. The number of piperazine rings is 1. The molecule has 0 saturated carbocycles. The summed E-state index contributed by atoms with van der Waals surface area (Å²) in [5, 5.41) is 3.48. The van der Waals surface area contributed by atoms with E-state index in [4.69, 9.17) is 9.73 Å². The first kappa shape index (κ1) is 20.5. The van der Waals surface area contributed by atoms with Gasteiger partial charge in [-0.1, -0.05) is 6.92 Å². The Morgan fingerprint density at radius 1 is 1.08 bits per heavy atom. The number of nitrogens with zero attached hydrogens (tertiary/aromatic N) is 4. The fraction of sp³-hybridized carbons (Fsp3) is 0.947. The lowest BCUT2D eigenvalue weighted by Gasteiger charge is -2.37. The summed E-state index contributed by atoms with van der Waals surface area (Å²) < 4.78 is 5.77. The molecular weight excluding hydrogens is 314 g/mol. The van der Waals surface area contributed by atoms with Crippen LogP contribution in [0.5, 0.6) is 0 Å². The molecule has 146 valence electrons. The van der Waals surface area contributed by atoms with Gasteiger partial charge in [0.1, 0.15) is 0 Å². The standard InChI is InChI=1S/C19H39N5O/c1-5-20-19(24-10-8-18(9-11-24)25-7-3)21-16-17(4)23-14-12-22(6-2)13-15-23/h17-18H,5-16H2,1-4H3,(H,20,21). The van der Waals surface area contributed by atoms with Crippen LogP contribution in [-0.2, 0) is 4.74 Å². The highest BCUT2D eigenvalue weighted by molar-refractivity contribution is 5.80. The molecule has 0 aromatic heterocycles. The first-order chi connectivity index (χ1) is 12.2. The predicted molar refractivity (Wildman–Crippen MR) is 105 cm³/mol. The second kappa shape index (κ2) is 11.0. The molecule has 0 bridgehead atoms. The molecule has 2 rings (SSSR count). The van der Waals surface area contributed by atoms with Crippen molar-refractivity contribution in [1.82, 2.24) is 20.0 Å². The lowest BCUT2D eigenvalue weighted by Crippen LogP contribution is -2.51. The van der Waals surface area contributed by atoms with Gasteiger partial charge < -0.3 is 19.9 Å². The zero-order valence-electron chi connectivity index (χ0n) is 16.8. The topological polar surface area (TPSA) is 43.3 Å². The van der Waals surface area contributed by atoms with Gasteiger partial charge in [0.25, 0.3) is 0 Å². The monoisotopic (exact) mass is 353 g/mol. The maximum atomic E-state index is 5.77. The summed E-state index contributed by atoms with van der Waals surface area (Å²) >= 11 is 0. The van der Waals surface area contributed by atoms with E-state index in [-0.39, 0.29) is 0 Å². The first-order valence-electron chi connectivity index (χ1n) is 10.3. The van der Waals surface area contributed by atoms with Crippen molar-refractivity contribution in [2.24, 2.45) is 4.99 Å². The maximum absolute atomic E-state index is 5.77. The Balaban J connectivity index is 1.83. The van der Waals surface area contributed by atoms with E-state index in [1.165, 1.54) is 32.7 Å². The van der Waals surface area contributed by atoms with Gasteiger partial charge in [-0.15, -0.1) is 0 Å². The second-order valence-electron chi connectivity index (χ2n) is 7.16. The van der Waals surface area contributed by atoms with Crippen molar-refractivity contribution in [3.05, 3.63) is 0 Å². The van der Waals surface area contributed by atoms with Gasteiger partial charge in [0, 0.05) is 58.5 Å². The van der Waals surface area contributed by atoms with Gasteiger partial charge in [0.05, 0.1) is 12.6 Å². The molecule has 0 amide bonds. The predicted octanol–water partition coefficient (Wildman–Crippen LogP) is 1.48. The number of likely N-dealkylation sites (tertiary alicyclic amines) is 1. The van der Waals surface area contributed by atoms with Crippen molar-refractivity contribution in [1.29, 1.82) is 0 Å². The van der Waals surface area contributed by atoms with Gasteiger partial charge in [-0.05, 0) is 40.2 Å². The molecule has 2 fully saturated rings. The zero-order valence-corrected chi connectivity index (χ0v) is 16.8. The third kappa shape index (κ3) is 6.42. The largest absolute Gasteiger partial charge is 0.378 e. The third-order valence-electron chi connectivity index (χ3n) is 5.46. The molecular formula is C19H39N5O. The van der Waals surface area contributed by atoms with Crippen LogP contribution in [0.1, 0.15) is 40.5 Å². The van der Waals surface area contributed by atoms with E-state index in [0.717, 1.165) is 51.6 Å². The summed E-state index contributed by atoms with van der Waals surface area (Å²) in [6, 6.07) is 0.508. The van der Waals surface area contributed by atoms with E-state index < -0.39 is 0 Å². The second-order valence-corrected chi connectivity index (χ2v) is 7.16. The van der Waals surface area contributed by atoms with Gasteiger partial charge in [0.15, 0.2) is 5.96 Å². The molecule has 1 unspecified atom stereocenters. The fourth-order valence-corrected chi connectivity index (χ4v) is 3.75. The molecule has 6 nitrogen and oxygen atoms in total. The maximum Gasteiger partial charge on any atom is 0.193 e. The smallest absolute Gasteiger partial charge is 0.193 e. The summed E-state index contributed by atoms with van der Waals surface area (Å²) in [6.45, 7) is 19.4. The highest BCUT2D eigenvalue weighted by Crippen LogP contribution is 2.14. The average molecular weight is 354 g/mol. The van der Waals surface area contributed by atoms with E-state index in [1.807, 2.05) is 0 Å². The van der Waals surface area contributed by atoms with E-state index in [0.29, 0.717) is 12.1 Å². The number of rotatable bonds is 7. The average Bonchev–Trinajstić information content (AvgIpc) is 2.66. The van der Waals surface area contributed by atoms with E-state index >= 15 is 0 Å². The van der Waals surface area contributed by atoms with Crippen LogP contribution in [-0.4, -0.2) is 98.3 Å². The number of piperidine rings is 1. The van der Waals surface area contributed by atoms with Crippen LogP contribution in [0.4, 0.5) is 0 Å². The minimum atomic E-state index is 0.429. The molecule has 0 aliphatic carbocycles. The molecule has 6 heteroatoms. The quantitative estimate of drug-likeness (QED) is 0.555. The summed E-state index contributed by atoms with van der Waals surface area (Å²) in [5.74, 6) is 1.08. The summed E-state index contributed by atoms with van der Waals surface area (Å²) in [6.07, 6.45) is 2.64. The highest BCUT2D eigenvalue weighted by Gasteiger charge is 2.23. The van der Waals surface area contributed by atoms with Crippen LogP contribution < -0.4 is 5.32 Å². The lowest BCUT2D eigenvalue weighted by molar-refractivity contribution is 0.0263. The van der Waals surface area contributed by atoms with Crippen LogP contribution in [0.2, 0.25) is 0 Å². The molecule has 0 aromatic rings. The molecule has 2 aliphatic heterocycles. The summed E-state index contributed by atoms with van der Waals surface area (Å²) in [5.41, 5.74) is 0. The van der Waals surface area contributed by atoms with Gasteiger partial charge in [-0.25, -0.2) is 0 Å². The Bertz CT molecular complexity index is 387. The van der Waals surface area contributed by atoms with Gasteiger partial charge in [0.2, 0.25) is 0 Å². The molecule has 0 aromatic carbocycles. The Labute approximate surface area is 154 Å². The molecule has 1 N–H and O–H groups in total. The number of likely N-dealkylation sites (N-methyl/N-ethyl adjacent to an activating group) is 1. The molecule has 2 aliphatic rings. The number of guanidine groups is 1. The Morgan fingerprint density at radius 2 is 1.76 bits per heavy atom. The zero-order chi connectivity index (χ0) is 18.1. The normalized spacial score (nSPS) is 23.0. The number of ether oxygens (including phenoxy) is 1. The van der Waals surface area contributed by atoms with Crippen molar-refractivity contribution < 1.29 is 4.74 Å². The Hall–Kier alpha value is -0.850. The molecule has 2 saturated heterocycles. The number of aliphatic imine (C=N–C) groups is 1. The van der Waals surface area contributed by atoms with Crippen molar-refractivity contribution in [2.75, 3.05) is 65.5 Å². The van der Waals surface area contributed by atoms with Crippen LogP contribution in [0.25, 0.3) is 0 Å². The van der Waals surface area contributed by atoms with E-state index in [9.17, 15) is 0 Å². The van der Waals surface area contributed by atoms with Crippen molar-refractivity contribution in [3.63, 3.8) is 0 Å². The first-order valence-corrected chi connectivity index (χ1v) is 10.3. The summed E-state index contributed by atoms with van der Waals surface area (Å²) in [7, 11) is 0. The number of nitrogens with one attached hydrogen (secondary N) is 1. The van der Waals surface area contributed by atoms with Gasteiger partial charge >= 0.3 is 0 Å². The van der Waals surface area contributed by atoms with Crippen LogP contribution in [0.15, 0.2) is 4.99 Å². The molecule has 0 spiro atoms. The molecule has 0 radical (unpaired) electrons. The SMILES string of the molecule is CCNC(=NCC(C)N1CCN(CC)CC1)N1CCC(OCC)CC1. The summed E-state index contributed by atoms with van der Waals surface area (Å²) in [4.78, 5) is 12.5. The van der Waals surface area contributed by atoms with E-state index in [1.54, 1.807) is 0 Å². The number of hydrogen-bond acceptors (Lipinski definition) is 4. The van der Waals surface area contributed by atoms with E-state index in [2.05, 4.69) is 47.7 Å². The fourth-order valence-electron chi connectivity index (χ4n) is 3.75. The minimum Gasteiger partial charge on any atom is -0.378 e. The highest BCUT2D eigenvalue weighted by atomic mass is 16.5. The van der Waals surface area contributed by atoms with Crippen molar-refractivity contribution in [3.8, 4) is 0 Å². The Kier molecular flexibility index (Phi) is 8.99. The third-order valence-corrected chi connectivity index (χ3v) is 5.46.